The van der Waals surface area contributed by atoms with Crippen molar-refractivity contribution in [1.82, 2.24) is 5.32 Å². The minimum atomic E-state index is -3.23. The smallest absolute Gasteiger partial charge is 0.251 e. The molecule has 1 amide bonds. The average Bonchev–Trinajstić information content (AvgIpc) is 2.37. The third-order valence-corrected chi connectivity index (χ3v) is 3.67. The van der Waals surface area contributed by atoms with Gasteiger partial charge < -0.3 is 5.32 Å². The van der Waals surface area contributed by atoms with Crippen molar-refractivity contribution < 1.29 is 13.2 Å². The zero-order valence-corrected chi connectivity index (χ0v) is 11.5. The Labute approximate surface area is 113 Å². The molecule has 0 atom stereocenters. The first-order chi connectivity index (χ1) is 8.95. The number of carbonyl (C=O) groups excluding carboxylic acids is 1. The Hall–Kier alpha value is -1.87. The summed E-state index contributed by atoms with van der Waals surface area (Å²) in [5, 5.41) is 11.1. The summed E-state index contributed by atoms with van der Waals surface area (Å²) in [6.45, 7) is 0.508. The van der Waals surface area contributed by atoms with Gasteiger partial charge in [-0.25, -0.2) is 8.42 Å². The summed E-state index contributed by atoms with van der Waals surface area (Å²) in [7, 11) is -3.23. The Morgan fingerprint density at radius 2 is 1.89 bits per heavy atom. The predicted molar refractivity (Wildman–Crippen MR) is 71.3 cm³/mol. The molecule has 6 heteroatoms. The van der Waals surface area contributed by atoms with E-state index < -0.39 is 9.84 Å². The van der Waals surface area contributed by atoms with E-state index in [1.54, 1.807) is 0 Å². The largest absolute Gasteiger partial charge is 0.352 e. The van der Waals surface area contributed by atoms with Gasteiger partial charge in [0.05, 0.1) is 11.0 Å². The van der Waals surface area contributed by atoms with Gasteiger partial charge in [0.2, 0.25) is 0 Å². The normalized spacial score (nSPS) is 10.7. The Morgan fingerprint density at radius 1 is 1.26 bits per heavy atom. The van der Waals surface area contributed by atoms with Crippen LogP contribution in [0.15, 0.2) is 29.2 Å². The molecule has 0 fully saturated rings. The van der Waals surface area contributed by atoms with Crippen LogP contribution in [0, 0.1) is 11.3 Å². The van der Waals surface area contributed by atoms with Crippen LogP contribution in [0.1, 0.15) is 29.6 Å². The fourth-order valence-electron chi connectivity index (χ4n) is 1.49. The Bertz CT molecular complexity index is 571. The highest BCUT2D eigenvalue weighted by Crippen LogP contribution is 2.10. The molecule has 1 rings (SSSR count). The molecule has 0 radical (unpaired) electrons. The van der Waals surface area contributed by atoms with E-state index in [0.717, 1.165) is 19.1 Å². The van der Waals surface area contributed by atoms with Crippen LogP contribution in [-0.2, 0) is 9.84 Å². The Morgan fingerprint density at radius 3 is 2.42 bits per heavy atom. The maximum absolute atomic E-state index is 11.7. The van der Waals surface area contributed by atoms with Gasteiger partial charge in [0, 0.05) is 24.8 Å². The Kier molecular flexibility index (Phi) is 5.52. The van der Waals surface area contributed by atoms with Crippen LogP contribution in [0.5, 0.6) is 0 Å². The highest BCUT2D eigenvalue weighted by Gasteiger charge is 2.09. The molecule has 0 unspecified atom stereocenters. The molecule has 102 valence electrons. The highest BCUT2D eigenvalue weighted by molar-refractivity contribution is 7.90. The first kappa shape index (κ1) is 15.2. The SMILES string of the molecule is CS(=O)(=O)c1ccc(C(=O)NCCCCC#N)cc1. The number of nitriles is 1. The number of rotatable bonds is 6. The van der Waals surface area contributed by atoms with Gasteiger partial charge in [0.15, 0.2) is 9.84 Å². The van der Waals surface area contributed by atoms with Crippen molar-refractivity contribution in [2.45, 2.75) is 24.2 Å². The first-order valence-corrected chi connectivity index (χ1v) is 7.79. The topological polar surface area (TPSA) is 87.0 Å². The van der Waals surface area contributed by atoms with Crippen LogP contribution in [0.4, 0.5) is 0 Å². The van der Waals surface area contributed by atoms with Crippen molar-refractivity contribution in [3.8, 4) is 6.07 Å². The van der Waals surface area contributed by atoms with Crippen LogP contribution in [0.2, 0.25) is 0 Å². The molecule has 0 aliphatic rings. The van der Waals surface area contributed by atoms with E-state index in [1.165, 1.54) is 24.3 Å². The predicted octanol–water partition coefficient (Wildman–Crippen LogP) is 1.51. The maximum Gasteiger partial charge on any atom is 0.251 e. The van der Waals surface area contributed by atoms with E-state index >= 15 is 0 Å². The summed E-state index contributed by atoms with van der Waals surface area (Å²) in [6, 6.07) is 7.85. The van der Waals surface area contributed by atoms with Gasteiger partial charge in [0.25, 0.3) is 5.91 Å². The van der Waals surface area contributed by atoms with Crippen LogP contribution in [0.25, 0.3) is 0 Å². The summed E-state index contributed by atoms with van der Waals surface area (Å²) in [5.41, 5.74) is 0.424. The van der Waals surface area contributed by atoms with Crippen molar-refractivity contribution >= 4 is 15.7 Å². The van der Waals surface area contributed by atoms with Gasteiger partial charge in [-0.15, -0.1) is 0 Å². The van der Waals surface area contributed by atoms with Crippen molar-refractivity contribution in [2.75, 3.05) is 12.8 Å². The molecule has 0 heterocycles. The number of nitrogens with one attached hydrogen (secondary N) is 1. The summed E-state index contributed by atoms with van der Waals surface area (Å²) in [4.78, 5) is 11.9. The van der Waals surface area contributed by atoms with Crippen LogP contribution < -0.4 is 5.32 Å². The lowest BCUT2D eigenvalue weighted by Gasteiger charge is -2.05. The molecule has 0 saturated carbocycles. The van der Waals surface area contributed by atoms with E-state index in [2.05, 4.69) is 5.32 Å². The standard InChI is InChI=1S/C13H16N2O3S/c1-19(17,18)12-7-5-11(6-8-12)13(16)15-10-4-2-3-9-14/h5-8H,2-4,10H2,1H3,(H,15,16). The highest BCUT2D eigenvalue weighted by atomic mass is 32.2. The van der Waals surface area contributed by atoms with Crippen molar-refractivity contribution in [3.05, 3.63) is 29.8 Å². The number of nitrogens with zero attached hydrogens (tertiary/aromatic N) is 1. The van der Waals surface area contributed by atoms with Gasteiger partial charge in [-0.05, 0) is 37.1 Å². The molecule has 1 aromatic rings. The quantitative estimate of drug-likeness (QED) is 0.800. The van der Waals surface area contributed by atoms with Gasteiger partial charge >= 0.3 is 0 Å². The first-order valence-electron chi connectivity index (χ1n) is 5.90. The molecule has 0 spiro atoms. The number of hydrogen-bond donors (Lipinski definition) is 1. The van der Waals surface area contributed by atoms with Crippen LogP contribution in [0.3, 0.4) is 0 Å². The lowest BCUT2D eigenvalue weighted by molar-refractivity contribution is 0.0953. The average molecular weight is 280 g/mol. The third kappa shape index (κ3) is 5.10. The van der Waals surface area contributed by atoms with Crippen LogP contribution >= 0.6 is 0 Å². The summed E-state index contributed by atoms with van der Waals surface area (Å²) < 4.78 is 22.5. The minimum Gasteiger partial charge on any atom is -0.352 e. The Balaban J connectivity index is 2.52. The summed E-state index contributed by atoms with van der Waals surface area (Å²) in [6.07, 6.45) is 3.11. The zero-order chi connectivity index (χ0) is 14.3. The van der Waals surface area contributed by atoms with Crippen LogP contribution in [-0.4, -0.2) is 27.1 Å². The number of amides is 1. The molecular formula is C13H16N2O3S. The van der Waals surface area contributed by atoms with E-state index in [0.29, 0.717) is 18.5 Å². The second-order valence-electron chi connectivity index (χ2n) is 4.17. The number of carbonyl (C=O) groups is 1. The summed E-state index contributed by atoms with van der Waals surface area (Å²) in [5.74, 6) is -0.239. The molecule has 0 aliphatic carbocycles. The van der Waals surface area contributed by atoms with E-state index in [-0.39, 0.29) is 10.8 Å². The minimum absolute atomic E-state index is 0.193. The molecular weight excluding hydrogens is 264 g/mol. The number of hydrogen-bond acceptors (Lipinski definition) is 4. The molecule has 0 aromatic heterocycles. The van der Waals surface area contributed by atoms with E-state index in [4.69, 9.17) is 5.26 Å². The van der Waals surface area contributed by atoms with Crippen molar-refractivity contribution in [1.29, 1.82) is 5.26 Å². The monoisotopic (exact) mass is 280 g/mol. The fourth-order valence-corrected chi connectivity index (χ4v) is 2.12. The van der Waals surface area contributed by atoms with E-state index in [9.17, 15) is 13.2 Å². The molecule has 1 N–H and O–H groups in total. The summed E-state index contributed by atoms with van der Waals surface area (Å²) >= 11 is 0. The van der Waals surface area contributed by atoms with Gasteiger partial charge in [0.1, 0.15) is 0 Å². The third-order valence-electron chi connectivity index (χ3n) is 2.55. The lowest BCUT2D eigenvalue weighted by Crippen LogP contribution is -2.24. The molecule has 0 saturated heterocycles. The number of sulfone groups is 1. The van der Waals surface area contributed by atoms with E-state index in [1.807, 2.05) is 6.07 Å². The molecule has 0 aliphatic heterocycles. The molecule has 5 nitrogen and oxygen atoms in total. The second kappa shape index (κ2) is 6.90. The van der Waals surface area contributed by atoms with Crippen molar-refractivity contribution in [3.63, 3.8) is 0 Å². The van der Waals surface area contributed by atoms with Crippen molar-refractivity contribution in [2.24, 2.45) is 0 Å². The zero-order valence-electron chi connectivity index (χ0n) is 10.7. The van der Waals surface area contributed by atoms with Gasteiger partial charge in [-0.3, -0.25) is 4.79 Å². The number of benzene rings is 1. The second-order valence-corrected chi connectivity index (χ2v) is 6.18. The maximum atomic E-state index is 11.7. The lowest BCUT2D eigenvalue weighted by atomic mass is 10.2. The molecule has 0 bridgehead atoms. The van der Waals surface area contributed by atoms with Gasteiger partial charge in [-0.1, -0.05) is 0 Å². The number of unbranched alkanes of at least 4 members (excludes halogenated alkanes) is 2. The van der Waals surface area contributed by atoms with Gasteiger partial charge in [-0.2, -0.15) is 5.26 Å². The molecule has 19 heavy (non-hydrogen) atoms. The fraction of sp³-hybridized carbons (Fsp3) is 0.385. The molecule has 1 aromatic carbocycles.